The van der Waals surface area contributed by atoms with E-state index in [2.05, 4.69) is 12.1 Å². The zero-order valence-electron chi connectivity index (χ0n) is 11.3. The highest BCUT2D eigenvalue weighted by atomic mass is 35.5. The Morgan fingerprint density at radius 1 is 1.32 bits per heavy atom. The molecule has 0 fully saturated rings. The Labute approximate surface area is 119 Å². The number of halogens is 1. The molecular formula is C15H21ClO3. The van der Waals surface area contributed by atoms with E-state index in [1.165, 1.54) is 5.56 Å². The van der Waals surface area contributed by atoms with E-state index >= 15 is 0 Å². The maximum Gasteiger partial charge on any atom is 0.306 e. The number of carbonyl (C=O) groups excluding carboxylic acids is 1. The fraction of sp³-hybridized carbons (Fsp3) is 0.533. The van der Waals surface area contributed by atoms with Gasteiger partial charge in [0.15, 0.2) is 0 Å². The van der Waals surface area contributed by atoms with Gasteiger partial charge in [-0.05, 0) is 18.4 Å². The van der Waals surface area contributed by atoms with Gasteiger partial charge in [0, 0.05) is 6.42 Å². The van der Waals surface area contributed by atoms with E-state index in [1.54, 1.807) is 0 Å². The lowest BCUT2D eigenvalue weighted by Gasteiger charge is -2.15. The second-order valence-corrected chi connectivity index (χ2v) is 4.64. The van der Waals surface area contributed by atoms with Gasteiger partial charge < -0.3 is 9.47 Å². The smallest absolute Gasteiger partial charge is 0.306 e. The average molecular weight is 285 g/mol. The summed E-state index contributed by atoms with van der Waals surface area (Å²) in [7, 11) is 0. The van der Waals surface area contributed by atoms with Crippen molar-refractivity contribution < 1.29 is 14.3 Å². The molecule has 0 radical (unpaired) electrons. The second-order valence-electron chi connectivity index (χ2n) is 4.33. The van der Waals surface area contributed by atoms with Crippen molar-refractivity contribution in [1.82, 2.24) is 0 Å². The topological polar surface area (TPSA) is 35.5 Å². The first-order valence-electron chi connectivity index (χ1n) is 6.63. The minimum atomic E-state index is -0.350. The molecule has 1 rings (SSSR count). The number of hydrogen-bond donors (Lipinski definition) is 0. The number of carbonyl (C=O) groups is 1. The third kappa shape index (κ3) is 7.19. The normalized spacial score (nSPS) is 12.1. The summed E-state index contributed by atoms with van der Waals surface area (Å²) in [6.07, 6.45) is 1.70. The monoisotopic (exact) mass is 284 g/mol. The number of ether oxygens (including phenoxy) is 2. The lowest BCUT2D eigenvalue weighted by Crippen LogP contribution is -2.25. The maximum absolute atomic E-state index is 11.3. The molecule has 0 aliphatic heterocycles. The quantitative estimate of drug-likeness (QED) is 0.397. The highest BCUT2D eigenvalue weighted by molar-refractivity contribution is 6.18. The predicted octanol–water partition coefficient (Wildman–Crippen LogP) is 3.20. The Morgan fingerprint density at radius 3 is 2.68 bits per heavy atom. The van der Waals surface area contributed by atoms with Gasteiger partial charge in [-0.15, -0.1) is 11.6 Å². The molecule has 0 bridgehead atoms. The lowest BCUT2D eigenvalue weighted by atomic mass is 10.2. The minimum Gasteiger partial charge on any atom is -0.459 e. The SMILES string of the molecule is CCCC(=O)O[C@@H](CCl)COCCc1ccccc1. The van der Waals surface area contributed by atoms with Gasteiger partial charge in [0.2, 0.25) is 0 Å². The first kappa shape index (κ1) is 16.0. The van der Waals surface area contributed by atoms with Gasteiger partial charge in [0.25, 0.3) is 0 Å². The summed E-state index contributed by atoms with van der Waals surface area (Å²) < 4.78 is 10.7. The molecule has 0 spiro atoms. The van der Waals surface area contributed by atoms with E-state index < -0.39 is 0 Å². The number of hydrogen-bond acceptors (Lipinski definition) is 3. The van der Waals surface area contributed by atoms with Crippen molar-refractivity contribution in [2.45, 2.75) is 32.3 Å². The molecule has 0 saturated heterocycles. The molecule has 106 valence electrons. The van der Waals surface area contributed by atoms with Crippen molar-refractivity contribution >= 4 is 17.6 Å². The predicted molar refractivity (Wildman–Crippen MR) is 76.5 cm³/mol. The maximum atomic E-state index is 11.3. The van der Waals surface area contributed by atoms with E-state index in [0.29, 0.717) is 19.6 Å². The molecule has 0 aromatic heterocycles. The molecule has 4 heteroatoms. The zero-order chi connectivity index (χ0) is 13.9. The number of rotatable bonds is 9. The van der Waals surface area contributed by atoms with Crippen LogP contribution in [-0.2, 0) is 20.7 Å². The van der Waals surface area contributed by atoms with Crippen molar-refractivity contribution in [2.24, 2.45) is 0 Å². The molecule has 1 aromatic rings. The Hall–Kier alpha value is -1.06. The van der Waals surface area contributed by atoms with Gasteiger partial charge in [-0.25, -0.2) is 0 Å². The zero-order valence-corrected chi connectivity index (χ0v) is 12.1. The summed E-state index contributed by atoms with van der Waals surface area (Å²) in [5.74, 6) is 0.0562. The molecular weight excluding hydrogens is 264 g/mol. The van der Waals surface area contributed by atoms with Crippen LogP contribution in [0, 0.1) is 0 Å². The van der Waals surface area contributed by atoms with Crippen molar-refractivity contribution in [1.29, 1.82) is 0 Å². The van der Waals surface area contributed by atoms with Gasteiger partial charge in [-0.2, -0.15) is 0 Å². The third-order valence-electron chi connectivity index (χ3n) is 2.61. The number of benzene rings is 1. The Morgan fingerprint density at radius 2 is 2.05 bits per heavy atom. The van der Waals surface area contributed by atoms with E-state index in [1.807, 2.05) is 25.1 Å². The fourth-order valence-electron chi connectivity index (χ4n) is 1.61. The van der Waals surface area contributed by atoms with Crippen LogP contribution in [-0.4, -0.2) is 31.2 Å². The van der Waals surface area contributed by atoms with E-state index in [-0.39, 0.29) is 18.0 Å². The van der Waals surface area contributed by atoms with Crippen LogP contribution < -0.4 is 0 Å². The minimum absolute atomic E-state index is 0.209. The van der Waals surface area contributed by atoms with Crippen LogP contribution in [0.3, 0.4) is 0 Å². The Balaban J connectivity index is 2.17. The summed E-state index contributed by atoms with van der Waals surface area (Å²) >= 11 is 5.75. The average Bonchev–Trinajstić information content (AvgIpc) is 2.43. The summed E-state index contributed by atoms with van der Waals surface area (Å²) in [6.45, 7) is 2.89. The standard InChI is InChI=1S/C15H21ClO3/c1-2-6-15(17)19-14(11-16)12-18-10-9-13-7-4-3-5-8-13/h3-5,7-8,14H,2,6,9-12H2,1H3/t14-/m0/s1. The second kappa shape index (κ2) is 9.82. The van der Waals surface area contributed by atoms with Crippen LogP contribution in [0.2, 0.25) is 0 Å². The van der Waals surface area contributed by atoms with Crippen LogP contribution >= 0.6 is 11.6 Å². The summed E-state index contributed by atoms with van der Waals surface area (Å²) in [5.41, 5.74) is 1.23. The molecule has 3 nitrogen and oxygen atoms in total. The van der Waals surface area contributed by atoms with Gasteiger partial charge in [0.05, 0.1) is 19.1 Å². The van der Waals surface area contributed by atoms with Crippen molar-refractivity contribution in [3.8, 4) is 0 Å². The summed E-state index contributed by atoms with van der Waals surface area (Å²) in [4.78, 5) is 11.3. The van der Waals surface area contributed by atoms with Crippen LogP contribution in [0.15, 0.2) is 30.3 Å². The first-order valence-corrected chi connectivity index (χ1v) is 7.16. The molecule has 0 aliphatic rings. The van der Waals surface area contributed by atoms with Crippen molar-refractivity contribution in [2.75, 3.05) is 19.1 Å². The summed E-state index contributed by atoms with van der Waals surface area (Å²) in [6, 6.07) is 10.1. The molecule has 1 aromatic carbocycles. The van der Waals surface area contributed by atoms with E-state index in [9.17, 15) is 4.79 Å². The van der Waals surface area contributed by atoms with E-state index in [0.717, 1.165) is 12.8 Å². The van der Waals surface area contributed by atoms with Crippen molar-refractivity contribution in [3.63, 3.8) is 0 Å². The van der Waals surface area contributed by atoms with Gasteiger partial charge in [-0.1, -0.05) is 37.3 Å². The van der Waals surface area contributed by atoms with Crippen LogP contribution in [0.25, 0.3) is 0 Å². The van der Waals surface area contributed by atoms with Gasteiger partial charge in [-0.3, -0.25) is 4.79 Å². The number of alkyl halides is 1. The molecule has 0 amide bonds. The molecule has 1 atom stereocenters. The molecule has 0 heterocycles. The van der Waals surface area contributed by atoms with Crippen LogP contribution in [0.5, 0.6) is 0 Å². The first-order chi connectivity index (χ1) is 9.26. The molecule has 0 N–H and O–H groups in total. The molecule has 19 heavy (non-hydrogen) atoms. The number of esters is 1. The molecule has 0 unspecified atom stereocenters. The van der Waals surface area contributed by atoms with Crippen LogP contribution in [0.1, 0.15) is 25.3 Å². The Kier molecular flexibility index (Phi) is 8.26. The fourth-order valence-corrected chi connectivity index (χ4v) is 1.76. The third-order valence-corrected chi connectivity index (χ3v) is 2.95. The largest absolute Gasteiger partial charge is 0.459 e. The van der Waals surface area contributed by atoms with Gasteiger partial charge >= 0.3 is 5.97 Å². The van der Waals surface area contributed by atoms with Gasteiger partial charge in [0.1, 0.15) is 6.10 Å². The molecule has 0 aliphatic carbocycles. The lowest BCUT2D eigenvalue weighted by molar-refractivity contribution is -0.150. The Bertz CT molecular complexity index is 354. The highest BCUT2D eigenvalue weighted by Gasteiger charge is 2.12. The highest BCUT2D eigenvalue weighted by Crippen LogP contribution is 2.03. The summed E-state index contributed by atoms with van der Waals surface area (Å²) in [5, 5.41) is 0. The van der Waals surface area contributed by atoms with Crippen molar-refractivity contribution in [3.05, 3.63) is 35.9 Å². The van der Waals surface area contributed by atoms with Crippen LogP contribution in [0.4, 0.5) is 0 Å². The van der Waals surface area contributed by atoms with E-state index in [4.69, 9.17) is 21.1 Å². The molecule has 0 saturated carbocycles.